The second kappa shape index (κ2) is 7.23. The summed E-state index contributed by atoms with van der Waals surface area (Å²) in [6, 6.07) is 1.86. The molecule has 1 aliphatic rings. The first-order valence-electron chi connectivity index (χ1n) is 8.44. The molecule has 0 aliphatic heterocycles. The molecule has 0 unspecified atom stereocenters. The summed E-state index contributed by atoms with van der Waals surface area (Å²) in [5.74, 6) is 0. The zero-order valence-electron chi connectivity index (χ0n) is 14.4. The Morgan fingerprint density at radius 1 is 1.04 bits per heavy atom. The van der Waals surface area contributed by atoms with E-state index >= 15 is 0 Å². The molecule has 2 aromatic rings. The van der Waals surface area contributed by atoms with Crippen LogP contribution in [0.1, 0.15) is 54.0 Å². The van der Waals surface area contributed by atoms with Crippen molar-refractivity contribution in [1.29, 1.82) is 0 Å². The second-order valence-corrected chi connectivity index (χ2v) is 10.6. The van der Waals surface area contributed by atoms with Gasteiger partial charge in [0.15, 0.2) is 0 Å². The Morgan fingerprint density at radius 3 is 2.29 bits per heavy atom. The molecule has 1 aliphatic carbocycles. The Hall–Kier alpha value is -0.760. The van der Waals surface area contributed by atoms with E-state index in [9.17, 15) is 8.42 Å². The van der Waals surface area contributed by atoms with Crippen molar-refractivity contribution in [2.24, 2.45) is 0 Å². The van der Waals surface area contributed by atoms with E-state index in [1.165, 1.54) is 29.1 Å². The molecule has 0 spiro atoms. The maximum atomic E-state index is 12.8. The molecule has 2 heterocycles. The van der Waals surface area contributed by atoms with Crippen molar-refractivity contribution in [3.05, 3.63) is 21.5 Å². The zero-order chi connectivity index (χ0) is 17.3. The first-order valence-corrected chi connectivity index (χ1v) is 11.6. The number of sulfonamides is 1. The van der Waals surface area contributed by atoms with Gasteiger partial charge in [-0.2, -0.15) is 0 Å². The molecule has 3 rings (SSSR count). The predicted molar refractivity (Wildman–Crippen MR) is 101 cm³/mol. The molecule has 0 atom stereocenters. The highest BCUT2D eigenvalue weighted by Gasteiger charge is 2.25. The quantitative estimate of drug-likeness (QED) is 0.771. The molecule has 132 valence electrons. The van der Waals surface area contributed by atoms with Crippen LogP contribution in [0.15, 0.2) is 11.0 Å². The van der Waals surface area contributed by atoms with Crippen LogP contribution >= 0.6 is 22.7 Å². The van der Waals surface area contributed by atoms with Gasteiger partial charge in [-0.3, -0.25) is 0 Å². The van der Waals surface area contributed by atoms with E-state index in [1.807, 2.05) is 20.8 Å². The number of nitrogens with one attached hydrogen (secondary N) is 1. The zero-order valence-corrected chi connectivity index (χ0v) is 16.8. The van der Waals surface area contributed by atoms with Crippen LogP contribution in [0.3, 0.4) is 0 Å². The molecule has 0 aromatic carbocycles. The van der Waals surface area contributed by atoms with Gasteiger partial charge >= 0.3 is 0 Å². The highest BCUT2D eigenvalue weighted by Crippen LogP contribution is 2.36. The lowest BCUT2D eigenvalue weighted by molar-refractivity contribution is 0.510. The SMILES string of the molecule is Cc1nc(-c2cc(S(=O)(=O)NC3CCCCCC3)c(C)s2)sc1C. The average Bonchev–Trinajstić information content (AvgIpc) is 2.95. The number of thiophene rings is 1. The fourth-order valence-corrected chi connectivity index (χ4v) is 6.95. The number of aromatic nitrogens is 1. The van der Waals surface area contributed by atoms with Gasteiger partial charge in [0.2, 0.25) is 10.0 Å². The van der Waals surface area contributed by atoms with Crippen LogP contribution in [0, 0.1) is 20.8 Å². The van der Waals surface area contributed by atoms with Gasteiger partial charge in [0, 0.05) is 15.8 Å². The van der Waals surface area contributed by atoms with E-state index in [0.29, 0.717) is 4.90 Å². The van der Waals surface area contributed by atoms with Crippen LogP contribution in [0.2, 0.25) is 0 Å². The van der Waals surface area contributed by atoms with E-state index in [2.05, 4.69) is 9.71 Å². The summed E-state index contributed by atoms with van der Waals surface area (Å²) >= 11 is 3.13. The van der Waals surface area contributed by atoms with Gasteiger partial charge in [-0.25, -0.2) is 18.1 Å². The molecule has 2 aromatic heterocycles. The Bertz CT molecular complexity index is 794. The van der Waals surface area contributed by atoms with E-state index in [-0.39, 0.29) is 6.04 Å². The summed E-state index contributed by atoms with van der Waals surface area (Å²) in [4.78, 5) is 7.92. The van der Waals surface area contributed by atoms with Crippen molar-refractivity contribution < 1.29 is 8.42 Å². The third kappa shape index (κ3) is 3.90. The van der Waals surface area contributed by atoms with Crippen LogP contribution in [0.4, 0.5) is 0 Å². The summed E-state index contributed by atoms with van der Waals surface area (Å²) in [5.41, 5.74) is 1.02. The Morgan fingerprint density at radius 2 is 1.71 bits per heavy atom. The van der Waals surface area contributed by atoms with Crippen molar-refractivity contribution in [1.82, 2.24) is 9.71 Å². The lowest BCUT2D eigenvalue weighted by Gasteiger charge is -2.16. The Balaban J connectivity index is 1.85. The number of rotatable bonds is 4. The van der Waals surface area contributed by atoms with Crippen molar-refractivity contribution in [3.8, 4) is 9.88 Å². The fraction of sp³-hybridized carbons (Fsp3) is 0.588. The van der Waals surface area contributed by atoms with Gasteiger partial charge in [-0.05, 0) is 39.7 Å². The smallest absolute Gasteiger partial charge is 0.240 e. The monoisotopic (exact) mass is 384 g/mol. The molecule has 7 heteroatoms. The van der Waals surface area contributed by atoms with Gasteiger partial charge in [0.25, 0.3) is 0 Å². The molecular formula is C17H24N2O2S3. The minimum atomic E-state index is -3.46. The summed E-state index contributed by atoms with van der Waals surface area (Å²) in [6.07, 6.45) is 6.53. The van der Waals surface area contributed by atoms with E-state index in [1.54, 1.807) is 17.4 Å². The molecule has 4 nitrogen and oxygen atoms in total. The van der Waals surface area contributed by atoms with E-state index < -0.39 is 10.0 Å². The summed E-state index contributed by atoms with van der Waals surface area (Å²) in [6.45, 7) is 5.91. The molecule has 1 saturated carbocycles. The molecule has 0 amide bonds. The van der Waals surface area contributed by atoms with Gasteiger partial charge in [0.05, 0.1) is 15.5 Å². The van der Waals surface area contributed by atoms with Crippen LogP contribution in [0.5, 0.6) is 0 Å². The third-order valence-corrected chi connectivity index (χ3v) is 8.65. The normalized spacial score (nSPS) is 17.1. The number of thiazole rings is 1. The van der Waals surface area contributed by atoms with Crippen LogP contribution in [-0.2, 0) is 10.0 Å². The highest BCUT2D eigenvalue weighted by molar-refractivity contribution is 7.89. The number of hydrogen-bond acceptors (Lipinski definition) is 5. The van der Waals surface area contributed by atoms with Gasteiger partial charge in [-0.15, -0.1) is 22.7 Å². The summed E-state index contributed by atoms with van der Waals surface area (Å²) in [7, 11) is -3.46. The standard InChI is InChI=1S/C17H24N2O2S3/c1-11-12(2)23-17(18-11)15-10-16(13(3)22-15)24(20,21)19-14-8-6-4-5-7-9-14/h10,14,19H,4-9H2,1-3H3. The lowest BCUT2D eigenvalue weighted by Crippen LogP contribution is -2.34. The largest absolute Gasteiger partial charge is 0.241 e. The maximum absolute atomic E-state index is 12.8. The molecule has 0 radical (unpaired) electrons. The number of hydrogen-bond donors (Lipinski definition) is 1. The number of nitrogens with zero attached hydrogens (tertiary/aromatic N) is 1. The Kier molecular flexibility index (Phi) is 5.44. The molecular weight excluding hydrogens is 360 g/mol. The van der Waals surface area contributed by atoms with E-state index in [4.69, 9.17) is 0 Å². The fourth-order valence-electron chi connectivity index (χ4n) is 3.10. The number of aryl methyl sites for hydroxylation is 3. The molecule has 1 fully saturated rings. The molecule has 1 N–H and O–H groups in total. The first-order chi connectivity index (χ1) is 11.4. The van der Waals surface area contributed by atoms with Crippen LogP contribution in [-0.4, -0.2) is 19.4 Å². The van der Waals surface area contributed by atoms with Gasteiger partial charge in [0.1, 0.15) is 5.01 Å². The van der Waals surface area contributed by atoms with Gasteiger partial charge in [-0.1, -0.05) is 25.7 Å². The third-order valence-electron chi connectivity index (χ3n) is 4.58. The van der Waals surface area contributed by atoms with Crippen molar-refractivity contribution in [3.63, 3.8) is 0 Å². The highest BCUT2D eigenvalue weighted by atomic mass is 32.2. The van der Waals surface area contributed by atoms with Crippen molar-refractivity contribution in [2.75, 3.05) is 0 Å². The molecule has 0 bridgehead atoms. The minimum Gasteiger partial charge on any atom is -0.240 e. The van der Waals surface area contributed by atoms with Crippen LogP contribution < -0.4 is 4.72 Å². The first kappa shape index (κ1) is 18.0. The van der Waals surface area contributed by atoms with Crippen LogP contribution in [0.25, 0.3) is 9.88 Å². The molecule has 0 saturated heterocycles. The minimum absolute atomic E-state index is 0.0737. The maximum Gasteiger partial charge on any atom is 0.241 e. The predicted octanol–water partition coefficient (Wildman–Crippen LogP) is 4.80. The van der Waals surface area contributed by atoms with Crippen molar-refractivity contribution >= 4 is 32.7 Å². The topological polar surface area (TPSA) is 59.1 Å². The van der Waals surface area contributed by atoms with Crippen molar-refractivity contribution in [2.45, 2.75) is 70.2 Å². The van der Waals surface area contributed by atoms with E-state index in [0.717, 1.165) is 46.1 Å². The Labute approximate surface area is 152 Å². The lowest BCUT2D eigenvalue weighted by atomic mass is 10.1. The van der Waals surface area contributed by atoms with Gasteiger partial charge < -0.3 is 0 Å². The second-order valence-electron chi connectivity index (χ2n) is 6.50. The molecule has 24 heavy (non-hydrogen) atoms. The average molecular weight is 385 g/mol. The summed E-state index contributed by atoms with van der Waals surface area (Å²) < 4.78 is 28.6. The summed E-state index contributed by atoms with van der Waals surface area (Å²) in [5, 5.41) is 0.911.